The number of benzene rings is 3. The van der Waals surface area contributed by atoms with E-state index in [2.05, 4.69) is 15.9 Å². The van der Waals surface area contributed by atoms with Crippen LogP contribution >= 0.6 is 39.1 Å². The van der Waals surface area contributed by atoms with Crippen LogP contribution in [0.2, 0.25) is 10.0 Å². The zero-order chi connectivity index (χ0) is 23.4. The minimum Gasteiger partial charge on any atom is -0.478 e. The number of nitrogens with zero attached hydrogens (tertiary/aromatic N) is 2. The van der Waals surface area contributed by atoms with Gasteiger partial charge in [0.25, 0.3) is 0 Å². The lowest BCUT2D eigenvalue weighted by Gasteiger charge is -2.08. The Bertz CT molecular complexity index is 1270. The van der Waals surface area contributed by atoms with E-state index in [4.69, 9.17) is 38.0 Å². The molecule has 0 radical (unpaired) electrons. The standard InChI is InChI=1S/C25H19BrCl2N2O3/c26-20-7-5-17(6-8-20)24-29-22(15-33-14-19-11-21(27)9-10-23(19)28)13-30(24)12-16-1-3-18(4-2-16)25(31)32/h1-11,13H,12,14-15H2,(H,31,32). The van der Waals surface area contributed by atoms with Gasteiger partial charge in [0.15, 0.2) is 0 Å². The van der Waals surface area contributed by atoms with E-state index < -0.39 is 5.97 Å². The number of hydrogen-bond donors (Lipinski definition) is 1. The predicted molar refractivity (Wildman–Crippen MR) is 133 cm³/mol. The number of halogens is 3. The van der Waals surface area contributed by atoms with E-state index in [1.54, 1.807) is 30.3 Å². The second-order valence-corrected chi connectivity index (χ2v) is 9.18. The number of imidazole rings is 1. The second kappa shape index (κ2) is 10.5. The molecule has 0 aliphatic carbocycles. The average Bonchev–Trinajstić information content (AvgIpc) is 3.19. The molecule has 0 fully saturated rings. The van der Waals surface area contributed by atoms with E-state index in [-0.39, 0.29) is 5.56 Å². The Hall–Kier alpha value is -2.64. The molecule has 0 aliphatic rings. The SMILES string of the molecule is O=C(O)c1ccc(Cn2cc(COCc3cc(Cl)ccc3Cl)nc2-c2ccc(Br)cc2)cc1. The summed E-state index contributed by atoms with van der Waals surface area (Å²) in [5.74, 6) is -0.150. The summed E-state index contributed by atoms with van der Waals surface area (Å²) in [5, 5.41) is 10.3. The summed E-state index contributed by atoms with van der Waals surface area (Å²) in [6.07, 6.45) is 1.95. The van der Waals surface area contributed by atoms with Crippen molar-refractivity contribution in [2.45, 2.75) is 19.8 Å². The molecule has 4 rings (SSSR count). The van der Waals surface area contributed by atoms with Gasteiger partial charge < -0.3 is 14.4 Å². The van der Waals surface area contributed by atoms with Crippen LogP contribution in [-0.4, -0.2) is 20.6 Å². The first kappa shape index (κ1) is 23.5. The molecule has 0 unspecified atom stereocenters. The highest BCUT2D eigenvalue weighted by Crippen LogP contribution is 2.24. The monoisotopic (exact) mass is 544 g/mol. The number of aromatic carboxylic acids is 1. The fraction of sp³-hybridized carbons (Fsp3) is 0.120. The highest BCUT2D eigenvalue weighted by molar-refractivity contribution is 9.10. The van der Waals surface area contributed by atoms with Crippen molar-refractivity contribution in [2.75, 3.05) is 0 Å². The van der Waals surface area contributed by atoms with Crippen molar-refractivity contribution < 1.29 is 14.6 Å². The van der Waals surface area contributed by atoms with E-state index in [1.165, 1.54) is 0 Å². The van der Waals surface area contributed by atoms with Crippen LogP contribution in [-0.2, 0) is 24.5 Å². The molecule has 33 heavy (non-hydrogen) atoms. The van der Waals surface area contributed by atoms with E-state index in [0.29, 0.717) is 29.8 Å². The first-order valence-electron chi connectivity index (χ1n) is 10.0. The van der Waals surface area contributed by atoms with Gasteiger partial charge in [0, 0.05) is 32.8 Å². The minimum absolute atomic E-state index is 0.256. The van der Waals surface area contributed by atoms with E-state index in [1.807, 2.05) is 47.2 Å². The lowest BCUT2D eigenvalue weighted by molar-refractivity contribution is 0.0697. The molecule has 0 spiro atoms. The first-order chi connectivity index (χ1) is 15.9. The molecule has 1 aromatic heterocycles. The molecule has 0 bridgehead atoms. The maximum absolute atomic E-state index is 11.1. The molecule has 3 aromatic carbocycles. The van der Waals surface area contributed by atoms with Crippen LogP contribution in [0.4, 0.5) is 0 Å². The molecule has 1 heterocycles. The fourth-order valence-corrected chi connectivity index (χ4v) is 3.99. The van der Waals surface area contributed by atoms with Crippen LogP contribution in [0.1, 0.15) is 27.2 Å². The Kier molecular flexibility index (Phi) is 7.50. The number of carboxylic acids is 1. The first-order valence-corrected chi connectivity index (χ1v) is 11.6. The molecule has 168 valence electrons. The maximum atomic E-state index is 11.1. The van der Waals surface area contributed by atoms with Gasteiger partial charge in [-0.15, -0.1) is 0 Å². The number of carboxylic acid groups (broad SMARTS) is 1. The van der Waals surface area contributed by atoms with Gasteiger partial charge in [-0.25, -0.2) is 9.78 Å². The van der Waals surface area contributed by atoms with Gasteiger partial charge in [0.2, 0.25) is 0 Å². The third kappa shape index (κ3) is 6.03. The highest BCUT2D eigenvalue weighted by atomic mass is 79.9. The summed E-state index contributed by atoms with van der Waals surface area (Å²) >= 11 is 15.7. The van der Waals surface area contributed by atoms with Gasteiger partial charge in [-0.2, -0.15) is 0 Å². The van der Waals surface area contributed by atoms with Gasteiger partial charge in [-0.1, -0.05) is 63.4 Å². The van der Waals surface area contributed by atoms with Gasteiger partial charge in [-0.05, 0) is 53.6 Å². The molecular weight excluding hydrogens is 527 g/mol. The van der Waals surface area contributed by atoms with Crippen molar-refractivity contribution in [3.63, 3.8) is 0 Å². The molecule has 5 nitrogen and oxygen atoms in total. The van der Waals surface area contributed by atoms with Crippen molar-refractivity contribution in [2.24, 2.45) is 0 Å². The Balaban J connectivity index is 1.55. The normalized spacial score (nSPS) is 11.0. The van der Waals surface area contributed by atoms with E-state index in [0.717, 1.165) is 32.7 Å². The molecule has 0 amide bonds. The maximum Gasteiger partial charge on any atom is 0.335 e. The van der Waals surface area contributed by atoms with E-state index >= 15 is 0 Å². The summed E-state index contributed by atoms with van der Waals surface area (Å²) in [4.78, 5) is 15.9. The smallest absolute Gasteiger partial charge is 0.335 e. The zero-order valence-electron chi connectivity index (χ0n) is 17.3. The molecular formula is C25H19BrCl2N2O3. The molecule has 1 N–H and O–H groups in total. The van der Waals surface area contributed by atoms with Gasteiger partial charge in [0.05, 0.1) is 24.5 Å². The van der Waals surface area contributed by atoms with Crippen molar-refractivity contribution in [1.82, 2.24) is 9.55 Å². The van der Waals surface area contributed by atoms with Crippen molar-refractivity contribution in [3.05, 3.63) is 110 Å². The van der Waals surface area contributed by atoms with Gasteiger partial charge in [-0.3, -0.25) is 0 Å². The van der Waals surface area contributed by atoms with Crippen molar-refractivity contribution >= 4 is 45.1 Å². The lowest BCUT2D eigenvalue weighted by atomic mass is 10.1. The molecule has 0 saturated heterocycles. The number of rotatable bonds is 8. The lowest BCUT2D eigenvalue weighted by Crippen LogP contribution is -2.02. The van der Waals surface area contributed by atoms with Crippen LogP contribution in [0.25, 0.3) is 11.4 Å². The fourth-order valence-electron chi connectivity index (χ4n) is 3.36. The third-order valence-electron chi connectivity index (χ3n) is 5.00. The Morgan fingerprint density at radius 1 is 1.00 bits per heavy atom. The van der Waals surface area contributed by atoms with E-state index in [9.17, 15) is 4.79 Å². The average molecular weight is 546 g/mol. The van der Waals surface area contributed by atoms with Crippen LogP contribution in [0.15, 0.2) is 77.4 Å². The Morgan fingerprint density at radius 3 is 2.42 bits per heavy atom. The minimum atomic E-state index is -0.945. The third-order valence-corrected chi connectivity index (χ3v) is 6.13. The largest absolute Gasteiger partial charge is 0.478 e. The van der Waals surface area contributed by atoms with Gasteiger partial charge >= 0.3 is 5.97 Å². The highest BCUT2D eigenvalue weighted by Gasteiger charge is 2.12. The Labute approximate surface area is 209 Å². The number of ether oxygens (including phenoxy) is 1. The topological polar surface area (TPSA) is 64.3 Å². The van der Waals surface area contributed by atoms with Crippen LogP contribution in [0, 0.1) is 0 Å². The number of hydrogen-bond acceptors (Lipinski definition) is 3. The molecule has 0 atom stereocenters. The summed E-state index contributed by atoms with van der Waals surface area (Å²) in [6, 6.07) is 20.0. The van der Waals surface area contributed by atoms with Crippen LogP contribution in [0.3, 0.4) is 0 Å². The molecule has 8 heteroatoms. The zero-order valence-corrected chi connectivity index (χ0v) is 20.4. The summed E-state index contributed by atoms with van der Waals surface area (Å²) < 4.78 is 8.88. The summed E-state index contributed by atoms with van der Waals surface area (Å²) in [7, 11) is 0. The van der Waals surface area contributed by atoms with Gasteiger partial charge in [0.1, 0.15) is 5.82 Å². The quantitative estimate of drug-likeness (QED) is 0.257. The molecule has 4 aromatic rings. The molecule has 0 saturated carbocycles. The van der Waals surface area contributed by atoms with Crippen molar-refractivity contribution in [3.8, 4) is 11.4 Å². The summed E-state index contributed by atoms with van der Waals surface area (Å²) in [5.41, 5.74) is 3.77. The molecule has 0 aliphatic heterocycles. The number of aromatic nitrogens is 2. The van der Waals surface area contributed by atoms with Crippen LogP contribution < -0.4 is 0 Å². The van der Waals surface area contributed by atoms with Crippen molar-refractivity contribution in [1.29, 1.82) is 0 Å². The predicted octanol–water partition coefficient (Wildman–Crippen LogP) is 7.08. The number of carbonyl (C=O) groups is 1. The van der Waals surface area contributed by atoms with Crippen LogP contribution in [0.5, 0.6) is 0 Å². The second-order valence-electron chi connectivity index (χ2n) is 7.42. The Morgan fingerprint density at radius 2 is 1.73 bits per heavy atom. The summed E-state index contributed by atoms with van der Waals surface area (Å²) in [6.45, 7) is 1.16.